The van der Waals surface area contributed by atoms with Crippen molar-refractivity contribution >= 4 is 34.8 Å². The van der Waals surface area contributed by atoms with Crippen molar-refractivity contribution in [3.63, 3.8) is 0 Å². The van der Waals surface area contributed by atoms with Gasteiger partial charge in [0.05, 0.1) is 15.1 Å². The molecule has 0 aliphatic heterocycles. The van der Waals surface area contributed by atoms with E-state index < -0.39 is 0 Å². The van der Waals surface area contributed by atoms with Crippen LogP contribution in [0.5, 0.6) is 0 Å². The summed E-state index contributed by atoms with van der Waals surface area (Å²) in [5.74, 6) is 0. The Morgan fingerprint density at radius 1 is 1.08 bits per heavy atom. The molecule has 1 aromatic rings. The van der Waals surface area contributed by atoms with E-state index in [2.05, 4.69) is 6.92 Å². The molecule has 1 radical (unpaired) electrons. The SMILES string of the molecule is [CH2]CCCc1ccc(Cl)c(Cl)c1Cl. The van der Waals surface area contributed by atoms with Gasteiger partial charge < -0.3 is 0 Å². The van der Waals surface area contributed by atoms with Gasteiger partial charge in [0.15, 0.2) is 0 Å². The van der Waals surface area contributed by atoms with Crippen LogP contribution in [0.2, 0.25) is 15.1 Å². The first-order valence-electron chi connectivity index (χ1n) is 4.08. The first-order chi connectivity index (χ1) is 6.16. The van der Waals surface area contributed by atoms with E-state index in [1.807, 2.05) is 6.07 Å². The van der Waals surface area contributed by atoms with Crippen LogP contribution in [0, 0.1) is 6.92 Å². The molecule has 0 heterocycles. The summed E-state index contributed by atoms with van der Waals surface area (Å²) in [5, 5.41) is 1.53. The summed E-state index contributed by atoms with van der Waals surface area (Å²) < 4.78 is 0. The molecule has 0 aromatic heterocycles. The van der Waals surface area contributed by atoms with Gasteiger partial charge >= 0.3 is 0 Å². The zero-order chi connectivity index (χ0) is 9.84. The predicted molar refractivity (Wildman–Crippen MR) is 59.8 cm³/mol. The molecule has 13 heavy (non-hydrogen) atoms. The van der Waals surface area contributed by atoms with Crippen molar-refractivity contribution in [3.05, 3.63) is 39.7 Å². The Bertz CT molecular complexity index is 294. The maximum Gasteiger partial charge on any atom is 0.0781 e. The zero-order valence-electron chi connectivity index (χ0n) is 7.12. The minimum Gasteiger partial charge on any atom is -0.0827 e. The molecule has 1 aromatic carbocycles. The van der Waals surface area contributed by atoms with Crippen molar-refractivity contribution in [1.82, 2.24) is 0 Å². The molecule has 0 unspecified atom stereocenters. The van der Waals surface area contributed by atoms with Crippen molar-refractivity contribution in [3.8, 4) is 0 Å². The fourth-order valence-corrected chi connectivity index (χ4v) is 1.72. The van der Waals surface area contributed by atoms with E-state index in [-0.39, 0.29) is 0 Å². The quantitative estimate of drug-likeness (QED) is 0.661. The summed E-state index contributed by atoms with van der Waals surface area (Å²) >= 11 is 17.7. The monoisotopic (exact) mass is 235 g/mol. The topological polar surface area (TPSA) is 0 Å². The molecular weight excluding hydrogens is 226 g/mol. The first-order valence-corrected chi connectivity index (χ1v) is 5.22. The number of aryl methyl sites for hydroxylation is 1. The van der Waals surface area contributed by atoms with Gasteiger partial charge in [-0.05, 0) is 24.5 Å². The van der Waals surface area contributed by atoms with Crippen molar-refractivity contribution < 1.29 is 0 Å². The minimum atomic E-state index is 0.449. The van der Waals surface area contributed by atoms with E-state index in [1.165, 1.54) is 0 Å². The number of benzene rings is 1. The molecule has 0 saturated carbocycles. The highest BCUT2D eigenvalue weighted by Crippen LogP contribution is 2.33. The third-order valence-electron chi connectivity index (χ3n) is 1.81. The summed E-state index contributed by atoms with van der Waals surface area (Å²) in [7, 11) is 0. The molecule has 0 spiro atoms. The molecule has 71 valence electrons. The summed E-state index contributed by atoms with van der Waals surface area (Å²) in [6.45, 7) is 3.77. The molecule has 0 aliphatic carbocycles. The highest BCUT2D eigenvalue weighted by atomic mass is 35.5. The van der Waals surface area contributed by atoms with Gasteiger partial charge in [0, 0.05) is 0 Å². The van der Waals surface area contributed by atoms with Crippen LogP contribution in [0.15, 0.2) is 12.1 Å². The molecule has 0 atom stereocenters. The fraction of sp³-hybridized carbons (Fsp3) is 0.300. The van der Waals surface area contributed by atoms with Crippen LogP contribution < -0.4 is 0 Å². The van der Waals surface area contributed by atoms with Crippen LogP contribution >= 0.6 is 34.8 Å². The molecule has 0 aliphatic rings. The van der Waals surface area contributed by atoms with Crippen molar-refractivity contribution in [2.75, 3.05) is 0 Å². The molecule has 3 heteroatoms. The number of hydrogen-bond donors (Lipinski definition) is 0. The van der Waals surface area contributed by atoms with Crippen LogP contribution in [-0.2, 0) is 6.42 Å². The third kappa shape index (κ3) is 2.77. The highest BCUT2D eigenvalue weighted by Gasteiger charge is 2.07. The molecule has 0 bridgehead atoms. The van der Waals surface area contributed by atoms with E-state index in [4.69, 9.17) is 34.8 Å². The molecule has 0 nitrogen and oxygen atoms in total. The van der Waals surface area contributed by atoms with Crippen LogP contribution in [0.1, 0.15) is 18.4 Å². The molecular formula is C10H10Cl3. The van der Waals surface area contributed by atoms with E-state index in [0.717, 1.165) is 24.8 Å². The maximum absolute atomic E-state index is 6.00. The van der Waals surface area contributed by atoms with Gasteiger partial charge in [-0.15, -0.1) is 0 Å². The van der Waals surface area contributed by atoms with Gasteiger partial charge in [-0.3, -0.25) is 0 Å². The van der Waals surface area contributed by atoms with E-state index in [0.29, 0.717) is 15.1 Å². The molecule has 0 fully saturated rings. The lowest BCUT2D eigenvalue weighted by Crippen LogP contribution is -1.87. The lowest BCUT2D eigenvalue weighted by Gasteiger charge is -2.05. The molecule has 0 N–H and O–H groups in total. The summed E-state index contributed by atoms with van der Waals surface area (Å²) in [6.07, 6.45) is 2.81. The largest absolute Gasteiger partial charge is 0.0827 e. The Morgan fingerprint density at radius 2 is 1.77 bits per heavy atom. The third-order valence-corrected chi connectivity index (χ3v) is 3.14. The van der Waals surface area contributed by atoms with Crippen LogP contribution in [0.25, 0.3) is 0 Å². The second kappa shape index (κ2) is 5.09. The second-order valence-corrected chi connectivity index (χ2v) is 3.95. The Kier molecular flexibility index (Phi) is 4.37. The predicted octanol–water partition coefficient (Wildman–Crippen LogP) is 4.80. The van der Waals surface area contributed by atoms with Crippen molar-refractivity contribution in [1.29, 1.82) is 0 Å². The number of unbranched alkanes of at least 4 members (excludes halogenated alkanes) is 1. The molecule has 0 amide bonds. The van der Waals surface area contributed by atoms with Crippen LogP contribution in [-0.4, -0.2) is 0 Å². The van der Waals surface area contributed by atoms with E-state index >= 15 is 0 Å². The maximum atomic E-state index is 6.00. The Balaban J connectivity index is 2.90. The highest BCUT2D eigenvalue weighted by molar-refractivity contribution is 6.48. The average Bonchev–Trinajstić information content (AvgIpc) is 2.13. The normalized spacial score (nSPS) is 10.5. The summed E-state index contributed by atoms with van der Waals surface area (Å²) in [5.41, 5.74) is 1.04. The minimum absolute atomic E-state index is 0.449. The Labute approximate surface area is 93.8 Å². The lowest BCUT2D eigenvalue weighted by molar-refractivity contribution is 0.841. The standard InChI is InChI=1S/C10H10Cl3/c1-2-3-4-7-5-6-8(11)10(13)9(7)12/h5-6H,1-4H2. The Morgan fingerprint density at radius 3 is 2.38 bits per heavy atom. The number of halogens is 3. The Hall–Kier alpha value is 0.0900. The molecule has 0 saturated heterocycles. The van der Waals surface area contributed by atoms with Crippen LogP contribution in [0.3, 0.4) is 0 Å². The van der Waals surface area contributed by atoms with Gasteiger partial charge in [-0.2, -0.15) is 0 Å². The van der Waals surface area contributed by atoms with E-state index in [1.54, 1.807) is 6.07 Å². The number of rotatable bonds is 3. The summed E-state index contributed by atoms with van der Waals surface area (Å²) in [6, 6.07) is 3.68. The van der Waals surface area contributed by atoms with Gasteiger partial charge in [0.2, 0.25) is 0 Å². The van der Waals surface area contributed by atoms with Gasteiger partial charge in [-0.1, -0.05) is 54.2 Å². The smallest absolute Gasteiger partial charge is 0.0781 e. The molecule has 1 rings (SSSR count). The first kappa shape index (κ1) is 11.2. The second-order valence-electron chi connectivity index (χ2n) is 2.79. The summed E-state index contributed by atoms with van der Waals surface area (Å²) in [4.78, 5) is 0. The fourth-order valence-electron chi connectivity index (χ4n) is 1.07. The van der Waals surface area contributed by atoms with Gasteiger partial charge in [-0.25, -0.2) is 0 Å². The number of hydrogen-bond acceptors (Lipinski definition) is 0. The van der Waals surface area contributed by atoms with Crippen molar-refractivity contribution in [2.24, 2.45) is 0 Å². The average molecular weight is 237 g/mol. The zero-order valence-corrected chi connectivity index (χ0v) is 9.38. The van der Waals surface area contributed by atoms with Gasteiger partial charge in [0.25, 0.3) is 0 Å². The van der Waals surface area contributed by atoms with E-state index in [9.17, 15) is 0 Å². The lowest BCUT2D eigenvalue weighted by atomic mass is 10.1. The van der Waals surface area contributed by atoms with Crippen molar-refractivity contribution in [2.45, 2.75) is 19.3 Å². The van der Waals surface area contributed by atoms with Crippen LogP contribution in [0.4, 0.5) is 0 Å². The van der Waals surface area contributed by atoms with Gasteiger partial charge in [0.1, 0.15) is 0 Å².